The van der Waals surface area contributed by atoms with Crippen molar-refractivity contribution in [2.24, 2.45) is 0 Å². The molecule has 0 fully saturated rings. The van der Waals surface area contributed by atoms with Crippen molar-refractivity contribution in [1.29, 1.82) is 0 Å². The minimum Gasteiger partial charge on any atom is -0.497 e. The van der Waals surface area contributed by atoms with Gasteiger partial charge in [-0.2, -0.15) is 4.68 Å². The smallest absolute Gasteiger partial charge is 0.189 e. The maximum absolute atomic E-state index is 5.42. The first-order chi connectivity index (χ1) is 12.3. The fourth-order valence-corrected chi connectivity index (χ4v) is 2.93. The van der Waals surface area contributed by atoms with E-state index >= 15 is 0 Å². The Bertz CT molecular complexity index is 1010. The third kappa shape index (κ3) is 3.08. The van der Waals surface area contributed by atoms with Crippen molar-refractivity contribution in [3.63, 3.8) is 0 Å². The Labute approximate surface area is 148 Å². The van der Waals surface area contributed by atoms with Crippen molar-refractivity contribution in [1.82, 2.24) is 25.0 Å². The van der Waals surface area contributed by atoms with Crippen LogP contribution in [0.25, 0.3) is 16.9 Å². The monoisotopic (exact) mass is 353 g/mol. The lowest BCUT2D eigenvalue weighted by atomic mass is 10.2. The maximum atomic E-state index is 5.42. The predicted octanol–water partition coefficient (Wildman–Crippen LogP) is 3.12. The Balaban J connectivity index is 1.79. The summed E-state index contributed by atoms with van der Waals surface area (Å²) in [6.45, 7) is 0. The number of thioether (sulfide) groups is 1. The molecule has 4 aromatic rings. The number of benzene rings is 1. The average molecular weight is 353 g/mol. The van der Waals surface area contributed by atoms with Crippen LogP contribution in [-0.4, -0.2) is 38.3 Å². The van der Waals surface area contributed by atoms with E-state index in [1.807, 2.05) is 42.7 Å². The van der Waals surface area contributed by atoms with Gasteiger partial charge in [0.2, 0.25) is 0 Å². The molecule has 3 heterocycles. The molecule has 0 aliphatic carbocycles. The van der Waals surface area contributed by atoms with Gasteiger partial charge in [-0.15, -0.1) is 5.10 Å². The van der Waals surface area contributed by atoms with Crippen LogP contribution in [0, 0.1) is 0 Å². The molecule has 0 saturated heterocycles. The maximum Gasteiger partial charge on any atom is 0.189 e. The van der Waals surface area contributed by atoms with Crippen molar-refractivity contribution < 1.29 is 9.15 Å². The number of ether oxygens (including phenoxy) is 1. The Morgan fingerprint density at radius 3 is 2.88 bits per heavy atom. The van der Waals surface area contributed by atoms with Gasteiger partial charge in [0.1, 0.15) is 17.0 Å². The summed E-state index contributed by atoms with van der Waals surface area (Å²) in [7, 11) is 1.63. The van der Waals surface area contributed by atoms with Gasteiger partial charge in [0.05, 0.1) is 24.6 Å². The number of hydrogen-bond acceptors (Lipinski definition) is 7. The molecule has 0 saturated carbocycles. The van der Waals surface area contributed by atoms with Gasteiger partial charge in [0.25, 0.3) is 0 Å². The molecule has 4 rings (SSSR count). The number of furan rings is 1. The van der Waals surface area contributed by atoms with E-state index in [0.717, 1.165) is 28.2 Å². The highest BCUT2D eigenvalue weighted by Gasteiger charge is 2.12. The molecule has 7 nitrogen and oxygen atoms in total. The molecule has 0 bridgehead atoms. The minimum atomic E-state index is 0.594. The SMILES string of the molecule is COc1ccc2c(c1)nnn2-c1cc(Cc2ccco2)nc(SC)n1. The van der Waals surface area contributed by atoms with Crippen LogP contribution in [0.5, 0.6) is 5.75 Å². The number of rotatable bonds is 5. The summed E-state index contributed by atoms with van der Waals surface area (Å²) in [6, 6.07) is 11.3. The predicted molar refractivity (Wildman–Crippen MR) is 94.3 cm³/mol. The van der Waals surface area contributed by atoms with E-state index in [9.17, 15) is 0 Å². The molecule has 0 N–H and O–H groups in total. The zero-order chi connectivity index (χ0) is 17.2. The van der Waals surface area contributed by atoms with Crippen LogP contribution in [0.4, 0.5) is 0 Å². The zero-order valence-electron chi connectivity index (χ0n) is 13.7. The first-order valence-electron chi connectivity index (χ1n) is 7.61. The second-order valence-electron chi connectivity index (χ2n) is 5.32. The van der Waals surface area contributed by atoms with E-state index in [-0.39, 0.29) is 0 Å². The number of hydrogen-bond donors (Lipinski definition) is 0. The van der Waals surface area contributed by atoms with Crippen LogP contribution in [0.2, 0.25) is 0 Å². The average Bonchev–Trinajstić information content (AvgIpc) is 3.30. The molecule has 0 radical (unpaired) electrons. The lowest BCUT2D eigenvalue weighted by Crippen LogP contribution is -2.05. The third-order valence-electron chi connectivity index (χ3n) is 3.73. The van der Waals surface area contributed by atoms with Gasteiger partial charge in [0, 0.05) is 18.6 Å². The normalized spacial score (nSPS) is 11.1. The Morgan fingerprint density at radius 1 is 1.20 bits per heavy atom. The topological polar surface area (TPSA) is 78.9 Å². The second-order valence-corrected chi connectivity index (χ2v) is 6.09. The zero-order valence-corrected chi connectivity index (χ0v) is 14.5. The van der Waals surface area contributed by atoms with Gasteiger partial charge in [-0.3, -0.25) is 0 Å². The number of nitrogens with zero attached hydrogens (tertiary/aromatic N) is 5. The van der Waals surface area contributed by atoms with Crippen LogP contribution >= 0.6 is 11.8 Å². The molecular weight excluding hydrogens is 338 g/mol. The number of aromatic nitrogens is 5. The lowest BCUT2D eigenvalue weighted by Gasteiger charge is -2.07. The third-order valence-corrected chi connectivity index (χ3v) is 4.28. The highest BCUT2D eigenvalue weighted by Crippen LogP contribution is 2.22. The molecule has 126 valence electrons. The van der Waals surface area contributed by atoms with Gasteiger partial charge in [-0.25, -0.2) is 9.97 Å². The summed E-state index contributed by atoms with van der Waals surface area (Å²) in [4.78, 5) is 9.12. The van der Waals surface area contributed by atoms with Crippen LogP contribution in [0.1, 0.15) is 11.5 Å². The fourth-order valence-electron chi connectivity index (χ4n) is 2.54. The molecule has 0 aliphatic heterocycles. The first kappa shape index (κ1) is 15.6. The molecule has 0 unspecified atom stereocenters. The van der Waals surface area contributed by atoms with Crippen molar-refractivity contribution in [3.05, 3.63) is 54.1 Å². The fraction of sp³-hybridized carbons (Fsp3) is 0.176. The molecule has 0 aliphatic rings. The van der Waals surface area contributed by atoms with Crippen molar-refractivity contribution in [2.45, 2.75) is 11.6 Å². The molecule has 0 atom stereocenters. The summed E-state index contributed by atoms with van der Waals surface area (Å²) < 4.78 is 12.4. The van der Waals surface area contributed by atoms with E-state index in [4.69, 9.17) is 9.15 Å². The molecule has 8 heteroatoms. The van der Waals surface area contributed by atoms with E-state index in [1.165, 1.54) is 11.8 Å². The van der Waals surface area contributed by atoms with Gasteiger partial charge >= 0.3 is 0 Å². The van der Waals surface area contributed by atoms with Crippen LogP contribution in [-0.2, 0) is 6.42 Å². The van der Waals surface area contributed by atoms with Gasteiger partial charge in [0.15, 0.2) is 11.0 Å². The Kier molecular flexibility index (Phi) is 4.10. The van der Waals surface area contributed by atoms with Crippen molar-refractivity contribution in [3.8, 4) is 11.6 Å². The summed E-state index contributed by atoms with van der Waals surface area (Å²) in [5, 5.41) is 9.13. The van der Waals surface area contributed by atoms with Gasteiger partial charge in [-0.1, -0.05) is 17.0 Å². The lowest BCUT2D eigenvalue weighted by molar-refractivity contribution is 0.415. The molecule has 1 aromatic carbocycles. The van der Waals surface area contributed by atoms with Gasteiger partial charge in [-0.05, 0) is 30.5 Å². The van der Waals surface area contributed by atoms with Crippen molar-refractivity contribution >= 4 is 22.8 Å². The second kappa shape index (κ2) is 6.56. The van der Waals surface area contributed by atoms with E-state index in [2.05, 4.69) is 20.3 Å². The largest absolute Gasteiger partial charge is 0.497 e. The summed E-state index contributed by atoms with van der Waals surface area (Å²) >= 11 is 1.48. The number of methoxy groups -OCH3 is 1. The summed E-state index contributed by atoms with van der Waals surface area (Å²) in [6.07, 6.45) is 4.20. The Morgan fingerprint density at radius 2 is 2.12 bits per heavy atom. The molecule has 0 amide bonds. The highest BCUT2D eigenvalue weighted by atomic mass is 32.2. The van der Waals surface area contributed by atoms with E-state index in [1.54, 1.807) is 18.1 Å². The molecule has 3 aromatic heterocycles. The van der Waals surface area contributed by atoms with Crippen LogP contribution in [0.3, 0.4) is 0 Å². The number of fused-ring (bicyclic) bond motifs is 1. The van der Waals surface area contributed by atoms with Crippen molar-refractivity contribution in [2.75, 3.05) is 13.4 Å². The first-order valence-corrected chi connectivity index (χ1v) is 8.83. The van der Waals surface area contributed by atoms with Crippen LogP contribution in [0.15, 0.2) is 52.2 Å². The molecule has 25 heavy (non-hydrogen) atoms. The highest BCUT2D eigenvalue weighted by molar-refractivity contribution is 7.98. The standard InChI is InChI=1S/C17H15N5O2S/c1-23-12-5-6-15-14(10-12)20-21-22(15)16-9-11(18-17(19-16)25-2)8-13-4-3-7-24-13/h3-7,9-10H,8H2,1-2H3. The van der Waals surface area contributed by atoms with E-state index in [0.29, 0.717) is 17.4 Å². The van der Waals surface area contributed by atoms with E-state index < -0.39 is 0 Å². The van der Waals surface area contributed by atoms with Gasteiger partial charge < -0.3 is 9.15 Å². The Hall–Kier alpha value is -2.87. The van der Waals surface area contributed by atoms with Crippen LogP contribution < -0.4 is 4.74 Å². The summed E-state index contributed by atoms with van der Waals surface area (Å²) in [5.41, 5.74) is 2.47. The summed E-state index contributed by atoms with van der Waals surface area (Å²) in [5.74, 6) is 2.27. The molecule has 0 spiro atoms. The quantitative estimate of drug-likeness (QED) is 0.403. The minimum absolute atomic E-state index is 0.594. The molecular formula is C17H15N5O2S.